The molecule has 6 heteroatoms. The summed E-state index contributed by atoms with van der Waals surface area (Å²) in [5.74, 6) is -0.0254. The van der Waals surface area contributed by atoms with Crippen LogP contribution in [0.1, 0.15) is 28.7 Å². The van der Waals surface area contributed by atoms with Crippen molar-refractivity contribution in [2.75, 3.05) is 7.05 Å². The molecule has 0 fully saturated rings. The first kappa shape index (κ1) is 13.3. The molecule has 0 saturated carbocycles. The normalized spacial score (nSPS) is 10.7. The highest BCUT2D eigenvalue weighted by molar-refractivity contribution is 5.92. The van der Waals surface area contributed by atoms with E-state index in [1.807, 2.05) is 27.1 Å². The third kappa shape index (κ3) is 2.67. The molecule has 0 spiro atoms. The van der Waals surface area contributed by atoms with Crippen LogP contribution in [-0.2, 0) is 20.1 Å². The van der Waals surface area contributed by atoms with Crippen LogP contribution in [0.25, 0.3) is 0 Å². The molecule has 0 N–H and O–H groups in total. The quantitative estimate of drug-likeness (QED) is 0.831. The summed E-state index contributed by atoms with van der Waals surface area (Å²) in [6.45, 7) is 5.15. The van der Waals surface area contributed by atoms with Crippen LogP contribution in [0.15, 0.2) is 18.5 Å². The summed E-state index contributed by atoms with van der Waals surface area (Å²) in [7, 11) is 3.67. The third-order valence-electron chi connectivity index (χ3n) is 3.10. The van der Waals surface area contributed by atoms with Gasteiger partial charge in [0.05, 0.1) is 5.69 Å². The molecule has 0 saturated heterocycles. The van der Waals surface area contributed by atoms with Gasteiger partial charge in [-0.15, -0.1) is 0 Å². The Labute approximate surface area is 112 Å². The summed E-state index contributed by atoms with van der Waals surface area (Å²) in [6, 6.07) is 1.75. The molecule has 0 radical (unpaired) electrons. The van der Waals surface area contributed by atoms with Crippen molar-refractivity contribution in [3.63, 3.8) is 0 Å². The molecule has 0 aliphatic carbocycles. The second-order valence-corrected chi connectivity index (χ2v) is 4.61. The number of carbonyl (C=O) groups excluding carboxylic acids is 1. The molecule has 2 aromatic rings. The summed E-state index contributed by atoms with van der Waals surface area (Å²) in [5, 5.41) is 8.40. The largest absolute Gasteiger partial charge is 0.336 e. The van der Waals surface area contributed by atoms with E-state index in [1.165, 1.54) is 0 Å². The van der Waals surface area contributed by atoms with Crippen molar-refractivity contribution in [2.24, 2.45) is 7.05 Å². The molecule has 0 atom stereocenters. The van der Waals surface area contributed by atoms with E-state index >= 15 is 0 Å². The van der Waals surface area contributed by atoms with E-state index in [0.717, 1.165) is 11.3 Å². The Kier molecular flexibility index (Phi) is 3.69. The number of amides is 1. The van der Waals surface area contributed by atoms with Crippen LogP contribution in [0.4, 0.5) is 0 Å². The van der Waals surface area contributed by atoms with Crippen molar-refractivity contribution in [1.82, 2.24) is 24.5 Å². The minimum absolute atomic E-state index is 0.0254. The molecule has 2 rings (SSSR count). The fourth-order valence-electron chi connectivity index (χ4n) is 2.09. The molecule has 2 aromatic heterocycles. The number of aromatic nitrogens is 4. The van der Waals surface area contributed by atoms with Crippen LogP contribution in [0.2, 0.25) is 0 Å². The zero-order valence-corrected chi connectivity index (χ0v) is 11.8. The highest BCUT2D eigenvalue weighted by Gasteiger charge is 2.17. The van der Waals surface area contributed by atoms with Gasteiger partial charge in [0, 0.05) is 45.1 Å². The van der Waals surface area contributed by atoms with Crippen LogP contribution in [0, 0.1) is 6.92 Å². The maximum Gasteiger partial charge on any atom is 0.272 e. The number of hydrogen-bond donors (Lipinski definition) is 0. The molecule has 0 aliphatic rings. The first-order valence-corrected chi connectivity index (χ1v) is 6.29. The maximum atomic E-state index is 12.3. The SMILES string of the molecule is CCn1nccc1C(=O)N(C)Cc1cn(C)nc1C. The average Bonchev–Trinajstić information content (AvgIpc) is 2.95. The smallest absolute Gasteiger partial charge is 0.272 e. The summed E-state index contributed by atoms with van der Waals surface area (Å²) in [6.07, 6.45) is 3.59. The Morgan fingerprint density at radius 3 is 2.79 bits per heavy atom. The van der Waals surface area contributed by atoms with Crippen molar-refractivity contribution in [3.05, 3.63) is 35.4 Å². The van der Waals surface area contributed by atoms with E-state index in [2.05, 4.69) is 10.2 Å². The van der Waals surface area contributed by atoms with Crippen molar-refractivity contribution < 1.29 is 4.79 Å². The van der Waals surface area contributed by atoms with Gasteiger partial charge in [0.25, 0.3) is 5.91 Å². The molecule has 0 aromatic carbocycles. The zero-order valence-electron chi connectivity index (χ0n) is 11.8. The Bertz CT molecular complexity index is 584. The fourth-order valence-corrected chi connectivity index (χ4v) is 2.09. The van der Waals surface area contributed by atoms with Gasteiger partial charge in [-0.25, -0.2) is 0 Å². The van der Waals surface area contributed by atoms with Gasteiger partial charge >= 0.3 is 0 Å². The molecule has 1 amide bonds. The lowest BCUT2D eigenvalue weighted by Gasteiger charge is -2.17. The van der Waals surface area contributed by atoms with Gasteiger partial charge in [0.2, 0.25) is 0 Å². The van der Waals surface area contributed by atoms with E-state index in [0.29, 0.717) is 18.8 Å². The number of nitrogens with zero attached hydrogens (tertiary/aromatic N) is 5. The first-order valence-electron chi connectivity index (χ1n) is 6.29. The van der Waals surface area contributed by atoms with Gasteiger partial charge in [0.15, 0.2) is 0 Å². The van der Waals surface area contributed by atoms with E-state index in [-0.39, 0.29) is 5.91 Å². The fraction of sp³-hybridized carbons (Fsp3) is 0.462. The van der Waals surface area contributed by atoms with Crippen molar-refractivity contribution in [2.45, 2.75) is 26.9 Å². The summed E-state index contributed by atoms with van der Waals surface area (Å²) in [4.78, 5) is 14.0. The Balaban J connectivity index is 2.14. The van der Waals surface area contributed by atoms with Gasteiger partial charge in [0.1, 0.15) is 5.69 Å². The highest BCUT2D eigenvalue weighted by Crippen LogP contribution is 2.10. The molecule has 2 heterocycles. The summed E-state index contributed by atoms with van der Waals surface area (Å²) >= 11 is 0. The number of aryl methyl sites for hydroxylation is 3. The minimum atomic E-state index is -0.0254. The van der Waals surface area contributed by atoms with Crippen molar-refractivity contribution >= 4 is 5.91 Å². The van der Waals surface area contributed by atoms with Crippen LogP contribution in [0.5, 0.6) is 0 Å². The number of hydrogen-bond acceptors (Lipinski definition) is 3. The lowest BCUT2D eigenvalue weighted by Crippen LogP contribution is -2.28. The molecular formula is C13H19N5O. The van der Waals surface area contributed by atoms with Crippen LogP contribution in [-0.4, -0.2) is 37.4 Å². The molecule has 6 nitrogen and oxygen atoms in total. The summed E-state index contributed by atoms with van der Waals surface area (Å²) < 4.78 is 3.47. The molecule has 102 valence electrons. The first-order chi connectivity index (χ1) is 9.02. The van der Waals surface area contributed by atoms with Gasteiger partial charge < -0.3 is 4.90 Å². The maximum absolute atomic E-state index is 12.3. The van der Waals surface area contributed by atoms with E-state index in [4.69, 9.17) is 0 Å². The molecule has 0 aliphatic heterocycles. The van der Waals surface area contributed by atoms with Gasteiger partial charge in [-0.05, 0) is 19.9 Å². The van der Waals surface area contributed by atoms with E-state index < -0.39 is 0 Å². The van der Waals surface area contributed by atoms with Gasteiger partial charge in [-0.3, -0.25) is 14.2 Å². The van der Waals surface area contributed by atoms with Gasteiger partial charge in [-0.1, -0.05) is 0 Å². The monoisotopic (exact) mass is 261 g/mol. The Morgan fingerprint density at radius 2 is 2.21 bits per heavy atom. The van der Waals surface area contributed by atoms with E-state index in [9.17, 15) is 4.79 Å². The topological polar surface area (TPSA) is 56.0 Å². The number of carbonyl (C=O) groups is 1. The second-order valence-electron chi connectivity index (χ2n) is 4.61. The second kappa shape index (κ2) is 5.26. The highest BCUT2D eigenvalue weighted by atomic mass is 16.2. The zero-order chi connectivity index (χ0) is 14.0. The van der Waals surface area contributed by atoms with Crippen LogP contribution >= 0.6 is 0 Å². The van der Waals surface area contributed by atoms with Crippen molar-refractivity contribution in [1.29, 1.82) is 0 Å². The molecule has 0 unspecified atom stereocenters. The van der Waals surface area contributed by atoms with E-state index in [1.54, 1.807) is 33.6 Å². The van der Waals surface area contributed by atoms with Crippen LogP contribution < -0.4 is 0 Å². The lowest BCUT2D eigenvalue weighted by atomic mass is 10.2. The summed E-state index contributed by atoms with van der Waals surface area (Å²) in [5.41, 5.74) is 2.62. The molecular weight excluding hydrogens is 242 g/mol. The molecule has 0 bridgehead atoms. The Hall–Kier alpha value is -2.11. The third-order valence-corrected chi connectivity index (χ3v) is 3.10. The van der Waals surface area contributed by atoms with Crippen LogP contribution in [0.3, 0.4) is 0 Å². The standard InChI is InChI=1S/C13H19N5O/c1-5-18-12(6-7-14-18)13(19)16(3)8-11-9-17(4)15-10(11)2/h6-7,9H,5,8H2,1-4H3. The predicted molar refractivity (Wildman–Crippen MR) is 71.6 cm³/mol. The van der Waals surface area contributed by atoms with Crippen molar-refractivity contribution in [3.8, 4) is 0 Å². The molecule has 19 heavy (non-hydrogen) atoms. The Morgan fingerprint density at radius 1 is 1.47 bits per heavy atom. The number of rotatable bonds is 4. The predicted octanol–water partition coefficient (Wildman–Crippen LogP) is 1.22. The average molecular weight is 261 g/mol. The van der Waals surface area contributed by atoms with Gasteiger partial charge in [-0.2, -0.15) is 10.2 Å². The lowest BCUT2D eigenvalue weighted by molar-refractivity contribution is 0.0772. The minimum Gasteiger partial charge on any atom is -0.336 e.